The summed E-state index contributed by atoms with van der Waals surface area (Å²) in [7, 11) is 0. The number of aryl methyl sites for hydroxylation is 1. The molecule has 0 aliphatic carbocycles. The predicted octanol–water partition coefficient (Wildman–Crippen LogP) is 2.59. The number of anilines is 1. The third-order valence-corrected chi connectivity index (χ3v) is 4.89. The zero-order valence-electron chi connectivity index (χ0n) is 9.36. The molecule has 0 bridgehead atoms. The molecule has 1 aromatic rings. The minimum atomic E-state index is -0.997. The number of hydrogen-bond acceptors (Lipinski definition) is 4. The van der Waals surface area contributed by atoms with Crippen LogP contribution in [0.1, 0.15) is 28.1 Å². The summed E-state index contributed by atoms with van der Waals surface area (Å²) in [5.41, 5.74) is 0.184. The molecule has 1 fully saturated rings. The van der Waals surface area contributed by atoms with Gasteiger partial charge in [0.2, 0.25) is 5.91 Å². The van der Waals surface area contributed by atoms with E-state index in [0.717, 1.165) is 23.5 Å². The van der Waals surface area contributed by atoms with Crippen LogP contribution in [0.15, 0.2) is 6.07 Å². The predicted molar refractivity (Wildman–Crippen MR) is 70.1 cm³/mol. The highest BCUT2D eigenvalue weighted by molar-refractivity contribution is 8.00. The Bertz CT molecular complexity index is 450. The highest BCUT2D eigenvalue weighted by atomic mass is 32.2. The molecule has 1 saturated heterocycles. The monoisotopic (exact) mass is 271 g/mol. The van der Waals surface area contributed by atoms with Crippen molar-refractivity contribution in [2.75, 3.05) is 11.1 Å². The SMILES string of the molecule is Cc1cc(C(=O)O)c(NC(=O)C2CCCS2)s1. The normalized spacial score (nSPS) is 19.2. The Morgan fingerprint density at radius 3 is 2.88 bits per heavy atom. The third-order valence-electron chi connectivity index (χ3n) is 2.54. The summed E-state index contributed by atoms with van der Waals surface area (Å²) in [5.74, 6) is -0.0616. The molecule has 0 spiro atoms. The van der Waals surface area contributed by atoms with E-state index < -0.39 is 5.97 Å². The molecule has 1 atom stereocenters. The van der Waals surface area contributed by atoms with Gasteiger partial charge in [0, 0.05) is 4.88 Å². The number of nitrogens with one attached hydrogen (secondary N) is 1. The van der Waals surface area contributed by atoms with Crippen LogP contribution >= 0.6 is 23.1 Å². The van der Waals surface area contributed by atoms with Gasteiger partial charge in [-0.05, 0) is 31.6 Å². The van der Waals surface area contributed by atoms with Crippen LogP contribution in [0.25, 0.3) is 0 Å². The zero-order chi connectivity index (χ0) is 12.4. The maximum atomic E-state index is 11.9. The first kappa shape index (κ1) is 12.4. The van der Waals surface area contributed by atoms with Crippen molar-refractivity contribution in [1.29, 1.82) is 0 Å². The highest BCUT2D eigenvalue weighted by Gasteiger charge is 2.25. The van der Waals surface area contributed by atoms with E-state index in [0.29, 0.717) is 5.00 Å². The smallest absolute Gasteiger partial charge is 0.338 e. The van der Waals surface area contributed by atoms with Crippen LogP contribution in [-0.4, -0.2) is 28.0 Å². The lowest BCUT2D eigenvalue weighted by Crippen LogP contribution is -2.23. The van der Waals surface area contributed by atoms with Crippen LogP contribution in [0.4, 0.5) is 5.00 Å². The van der Waals surface area contributed by atoms with E-state index in [2.05, 4.69) is 5.32 Å². The molecular formula is C11H13NO3S2. The van der Waals surface area contributed by atoms with E-state index >= 15 is 0 Å². The van der Waals surface area contributed by atoms with E-state index in [-0.39, 0.29) is 16.7 Å². The van der Waals surface area contributed by atoms with Crippen molar-refractivity contribution in [1.82, 2.24) is 0 Å². The van der Waals surface area contributed by atoms with Gasteiger partial charge in [0.05, 0.1) is 10.8 Å². The number of carbonyl (C=O) groups is 2. The van der Waals surface area contributed by atoms with Crippen LogP contribution in [-0.2, 0) is 4.79 Å². The molecule has 92 valence electrons. The summed E-state index contributed by atoms with van der Waals surface area (Å²) >= 11 is 2.94. The fourth-order valence-electron chi connectivity index (χ4n) is 1.74. The molecule has 1 aliphatic heterocycles. The quantitative estimate of drug-likeness (QED) is 0.886. The molecular weight excluding hydrogens is 258 g/mol. The summed E-state index contributed by atoms with van der Waals surface area (Å²) < 4.78 is 0. The molecule has 1 amide bonds. The van der Waals surface area contributed by atoms with Crippen LogP contribution in [0, 0.1) is 6.92 Å². The molecule has 2 heterocycles. The molecule has 17 heavy (non-hydrogen) atoms. The molecule has 4 nitrogen and oxygen atoms in total. The molecule has 0 saturated carbocycles. The van der Waals surface area contributed by atoms with Crippen LogP contribution in [0.5, 0.6) is 0 Å². The van der Waals surface area contributed by atoms with E-state index in [1.807, 2.05) is 6.92 Å². The second-order valence-corrected chi connectivity index (χ2v) is 6.46. The number of carbonyl (C=O) groups excluding carboxylic acids is 1. The average molecular weight is 271 g/mol. The van der Waals surface area contributed by atoms with Gasteiger partial charge in [-0.15, -0.1) is 23.1 Å². The van der Waals surface area contributed by atoms with E-state index in [9.17, 15) is 9.59 Å². The molecule has 0 radical (unpaired) electrons. The second-order valence-electron chi connectivity index (χ2n) is 3.90. The van der Waals surface area contributed by atoms with Gasteiger partial charge in [-0.2, -0.15) is 0 Å². The molecule has 2 N–H and O–H groups in total. The van der Waals surface area contributed by atoms with Crippen molar-refractivity contribution in [2.24, 2.45) is 0 Å². The molecule has 0 aromatic carbocycles. The molecule has 2 rings (SSSR count). The van der Waals surface area contributed by atoms with Crippen LogP contribution in [0.2, 0.25) is 0 Å². The minimum absolute atomic E-state index is 0.0287. The maximum Gasteiger partial charge on any atom is 0.338 e. The van der Waals surface area contributed by atoms with Crippen molar-refractivity contribution in [2.45, 2.75) is 25.0 Å². The van der Waals surface area contributed by atoms with Crippen molar-refractivity contribution in [3.8, 4) is 0 Å². The number of aromatic carboxylic acids is 1. The first-order chi connectivity index (χ1) is 8.08. The Balaban J connectivity index is 2.12. The Morgan fingerprint density at radius 1 is 1.53 bits per heavy atom. The first-order valence-electron chi connectivity index (χ1n) is 5.34. The zero-order valence-corrected chi connectivity index (χ0v) is 11.0. The maximum absolute atomic E-state index is 11.9. The molecule has 6 heteroatoms. The number of thiophene rings is 1. The second kappa shape index (κ2) is 5.10. The molecule has 1 unspecified atom stereocenters. The summed E-state index contributed by atoms with van der Waals surface area (Å²) in [6.45, 7) is 1.83. The highest BCUT2D eigenvalue weighted by Crippen LogP contribution is 2.31. The summed E-state index contributed by atoms with van der Waals surface area (Å²) in [6.07, 6.45) is 1.93. The Hall–Kier alpha value is -1.01. The van der Waals surface area contributed by atoms with Gasteiger partial charge >= 0.3 is 5.97 Å². The van der Waals surface area contributed by atoms with Crippen molar-refractivity contribution in [3.05, 3.63) is 16.5 Å². The van der Waals surface area contributed by atoms with Crippen molar-refractivity contribution < 1.29 is 14.7 Å². The summed E-state index contributed by atoms with van der Waals surface area (Å²) in [6, 6.07) is 1.59. The van der Waals surface area contributed by atoms with Gasteiger partial charge in [0.15, 0.2) is 0 Å². The van der Waals surface area contributed by atoms with E-state index in [4.69, 9.17) is 5.11 Å². The van der Waals surface area contributed by atoms with E-state index in [1.165, 1.54) is 11.3 Å². The number of carboxylic acid groups (broad SMARTS) is 1. The van der Waals surface area contributed by atoms with E-state index in [1.54, 1.807) is 17.8 Å². The topological polar surface area (TPSA) is 66.4 Å². The summed E-state index contributed by atoms with van der Waals surface area (Å²) in [5, 5.41) is 12.2. The van der Waals surface area contributed by atoms with Crippen LogP contribution in [0.3, 0.4) is 0 Å². The van der Waals surface area contributed by atoms with Crippen LogP contribution < -0.4 is 5.32 Å². The first-order valence-corrected chi connectivity index (χ1v) is 7.20. The lowest BCUT2D eigenvalue weighted by atomic mass is 10.2. The fraction of sp³-hybridized carbons (Fsp3) is 0.455. The van der Waals surface area contributed by atoms with Gasteiger partial charge in [-0.3, -0.25) is 4.79 Å². The average Bonchev–Trinajstić information content (AvgIpc) is 2.86. The summed E-state index contributed by atoms with van der Waals surface area (Å²) in [4.78, 5) is 23.8. The van der Waals surface area contributed by atoms with Gasteiger partial charge < -0.3 is 10.4 Å². The lowest BCUT2D eigenvalue weighted by molar-refractivity contribution is -0.115. The van der Waals surface area contributed by atoms with Gasteiger partial charge in [0.1, 0.15) is 5.00 Å². The number of amides is 1. The largest absolute Gasteiger partial charge is 0.478 e. The Morgan fingerprint density at radius 2 is 2.29 bits per heavy atom. The van der Waals surface area contributed by atoms with Crippen molar-refractivity contribution >= 4 is 40.0 Å². The third kappa shape index (κ3) is 2.81. The van der Waals surface area contributed by atoms with Gasteiger partial charge in [-0.25, -0.2) is 4.79 Å². The number of thioether (sulfide) groups is 1. The number of rotatable bonds is 3. The number of hydrogen-bond donors (Lipinski definition) is 2. The Labute approximate surface area is 107 Å². The lowest BCUT2D eigenvalue weighted by Gasteiger charge is -2.08. The van der Waals surface area contributed by atoms with Gasteiger partial charge in [0.25, 0.3) is 0 Å². The standard InChI is InChI=1S/C11H13NO3S2/c1-6-5-7(11(14)15)10(17-6)12-9(13)8-3-2-4-16-8/h5,8H,2-4H2,1H3,(H,12,13)(H,14,15). The Kier molecular flexibility index (Phi) is 3.73. The minimum Gasteiger partial charge on any atom is -0.478 e. The fourth-order valence-corrected chi connectivity index (χ4v) is 3.81. The molecule has 1 aliphatic rings. The number of carboxylic acids is 1. The molecule has 1 aromatic heterocycles. The van der Waals surface area contributed by atoms with Crippen molar-refractivity contribution in [3.63, 3.8) is 0 Å². The van der Waals surface area contributed by atoms with Gasteiger partial charge in [-0.1, -0.05) is 0 Å².